The summed E-state index contributed by atoms with van der Waals surface area (Å²) in [4.78, 5) is 39.0. The molecule has 2 heterocycles. The molecule has 1 fully saturated rings. The molecule has 1 amide bonds. The number of fused-ring (bicyclic) bond motifs is 1. The number of carbonyl (C=O) groups is 1. The van der Waals surface area contributed by atoms with Crippen molar-refractivity contribution in [2.75, 3.05) is 5.32 Å². The van der Waals surface area contributed by atoms with Gasteiger partial charge in [0.15, 0.2) is 0 Å². The SMILES string of the molecule is CC(C)Cc1nnc(NC(=O)Cn2c3c(c(=O)n(C4CCCCC4)c2=O)CCC3)s1. The number of aromatic nitrogens is 4. The Morgan fingerprint density at radius 2 is 1.90 bits per heavy atom. The van der Waals surface area contributed by atoms with Gasteiger partial charge in [-0.2, -0.15) is 0 Å². The summed E-state index contributed by atoms with van der Waals surface area (Å²) in [5, 5.41) is 12.3. The molecule has 0 spiro atoms. The standard InChI is InChI=1S/C21H29N5O3S/c1-13(2)11-18-23-24-20(30-18)22-17(27)12-25-16-10-6-9-15(16)19(28)26(21(25)29)14-7-4-3-5-8-14/h13-14H,3-12H2,1-2H3,(H,22,24,27). The fourth-order valence-electron chi connectivity index (χ4n) is 4.60. The molecule has 0 aliphatic heterocycles. The summed E-state index contributed by atoms with van der Waals surface area (Å²) in [5.74, 6) is 0.149. The van der Waals surface area contributed by atoms with E-state index >= 15 is 0 Å². The fraction of sp³-hybridized carbons (Fsp3) is 0.667. The fourth-order valence-corrected chi connectivity index (χ4v) is 5.56. The molecule has 0 saturated heterocycles. The van der Waals surface area contributed by atoms with E-state index in [1.54, 1.807) is 0 Å². The lowest BCUT2D eigenvalue weighted by Gasteiger charge is -2.25. The molecule has 0 radical (unpaired) electrons. The van der Waals surface area contributed by atoms with Gasteiger partial charge in [-0.25, -0.2) is 4.79 Å². The number of hydrogen-bond acceptors (Lipinski definition) is 6. The van der Waals surface area contributed by atoms with Crippen molar-refractivity contribution in [3.63, 3.8) is 0 Å². The van der Waals surface area contributed by atoms with Crippen molar-refractivity contribution in [2.45, 2.75) is 84.2 Å². The van der Waals surface area contributed by atoms with Crippen molar-refractivity contribution in [3.8, 4) is 0 Å². The van der Waals surface area contributed by atoms with Crippen LogP contribution in [0.15, 0.2) is 9.59 Å². The van der Waals surface area contributed by atoms with E-state index in [2.05, 4.69) is 29.4 Å². The average Bonchev–Trinajstić information content (AvgIpc) is 3.35. The van der Waals surface area contributed by atoms with E-state index in [0.717, 1.165) is 55.6 Å². The molecule has 1 N–H and O–H groups in total. The van der Waals surface area contributed by atoms with Crippen LogP contribution in [0.4, 0.5) is 5.13 Å². The number of amides is 1. The first kappa shape index (κ1) is 21.0. The van der Waals surface area contributed by atoms with Gasteiger partial charge in [-0.3, -0.25) is 24.0 Å². The normalized spacial score (nSPS) is 16.8. The summed E-state index contributed by atoms with van der Waals surface area (Å²) in [6.07, 6.45) is 7.91. The van der Waals surface area contributed by atoms with Crippen molar-refractivity contribution in [1.82, 2.24) is 19.3 Å². The average molecular weight is 432 g/mol. The van der Waals surface area contributed by atoms with Gasteiger partial charge in [0, 0.05) is 23.7 Å². The molecule has 2 aliphatic rings. The first-order valence-corrected chi connectivity index (χ1v) is 11.7. The van der Waals surface area contributed by atoms with Gasteiger partial charge in [-0.1, -0.05) is 44.4 Å². The third-order valence-corrected chi connectivity index (χ3v) is 6.83. The summed E-state index contributed by atoms with van der Waals surface area (Å²) in [5.41, 5.74) is 0.951. The highest BCUT2D eigenvalue weighted by atomic mass is 32.1. The van der Waals surface area contributed by atoms with Crippen molar-refractivity contribution < 1.29 is 4.79 Å². The number of rotatable bonds is 6. The summed E-state index contributed by atoms with van der Waals surface area (Å²) >= 11 is 1.36. The highest BCUT2D eigenvalue weighted by Gasteiger charge is 2.28. The maximum Gasteiger partial charge on any atom is 0.331 e. The topological polar surface area (TPSA) is 98.9 Å². The van der Waals surface area contributed by atoms with Crippen molar-refractivity contribution in [2.24, 2.45) is 5.92 Å². The minimum absolute atomic E-state index is 0.0549. The zero-order valence-corrected chi connectivity index (χ0v) is 18.5. The molecule has 0 bridgehead atoms. The molecule has 0 aromatic carbocycles. The molecule has 1 saturated carbocycles. The molecule has 0 unspecified atom stereocenters. The van der Waals surface area contributed by atoms with Gasteiger partial charge in [0.1, 0.15) is 11.6 Å². The van der Waals surface area contributed by atoms with E-state index in [-0.39, 0.29) is 29.7 Å². The molecular formula is C21H29N5O3S. The van der Waals surface area contributed by atoms with Gasteiger partial charge in [0.25, 0.3) is 5.56 Å². The zero-order valence-electron chi connectivity index (χ0n) is 17.6. The van der Waals surface area contributed by atoms with Crippen molar-refractivity contribution in [3.05, 3.63) is 37.1 Å². The number of carbonyl (C=O) groups excluding carboxylic acids is 1. The first-order chi connectivity index (χ1) is 14.4. The summed E-state index contributed by atoms with van der Waals surface area (Å²) in [6, 6.07) is -0.0549. The molecule has 4 rings (SSSR count). The Balaban J connectivity index is 1.60. The Kier molecular flexibility index (Phi) is 6.17. The maximum absolute atomic E-state index is 13.3. The smallest absolute Gasteiger partial charge is 0.299 e. The quantitative estimate of drug-likeness (QED) is 0.758. The molecule has 2 aromatic rings. The molecular weight excluding hydrogens is 402 g/mol. The van der Waals surface area contributed by atoms with Crippen LogP contribution in [0.25, 0.3) is 0 Å². The van der Waals surface area contributed by atoms with Crippen molar-refractivity contribution in [1.29, 1.82) is 0 Å². The maximum atomic E-state index is 13.3. The van der Waals surface area contributed by atoms with E-state index in [1.165, 1.54) is 20.5 Å². The third-order valence-electron chi connectivity index (χ3n) is 5.97. The highest BCUT2D eigenvalue weighted by molar-refractivity contribution is 7.15. The molecule has 30 heavy (non-hydrogen) atoms. The Hall–Kier alpha value is -2.29. The zero-order chi connectivity index (χ0) is 21.3. The molecule has 0 atom stereocenters. The number of anilines is 1. The van der Waals surface area contributed by atoms with Crippen LogP contribution in [0.5, 0.6) is 0 Å². The summed E-state index contributed by atoms with van der Waals surface area (Å²) in [6.45, 7) is 4.11. The van der Waals surface area contributed by atoms with Crippen LogP contribution in [0.1, 0.15) is 74.7 Å². The number of nitrogens with zero attached hydrogens (tertiary/aromatic N) is 4. The van der Waals surface area contributed by atoms with Crippen LogP contribution in [-0.2, 0) is 30.6 Å². The van der Waals surface area contributed by atoms with Gasteiger partial charge < -0.3 is 0 Å². The van der Waals surface area contributed by atoms with Crippen LogP contribution in [0.2, 0.25) is 0 Å². The van der Waals surface area contributed by atoms with Gasteiger partial charge in [0.2, 0.25) is 11.0 Å². The second-order valence-electron chi connectivity index (χ2n) is 8.76. The minimum atomic E-state index is -0.347. The summed E-state index contributed by atoms with van der Waals surface area (Å²) < 4.78 is 2.95. The van der Waals surface area contributed by atoms with Gasteiger partial charge >= 0.3 is 5.69 Å². The number of hydrogen-bond donors (Lipinski definition) is 1. The third kappa shape index (κ3) is 4.26. The monoisotopic (exact) mass is 431 g/mol. The summed E-state index contributed by atoms with van der Waals surface area (Å²) in [7, 11) is 0. The van der Waals surface area contributed by atoms with Gasteiger partial charge in [0.05, 0.1) is 0 Å². The predicted octanol–water partition coefficient (Wildman–Crippen LogP) is 2.69. The largest absolute Gasteiger partial charge is 0.331 e. The van der Waals surface area contributed by atoms with E-state index < -0.39 is 0 Å². The lowest BCUT2D eigenvalue weighted by molar-refractivity contribution is -0.116. The van der Waals surface area contributed by atoms with Crippen LogP contribution in [-0.4, -0.2) is 25.2 Å². The van der Waals surface area contributed by atoms with Crippen LogP contribution in [0.3, 0.4) is 0 Å². The Morgan fingerprint density at radius 1 is 1.13 bits per heavy atom. The molecule has 8 nitrogen and oxygen atoms in total. The molecule has 2 aromatic heterocycles. The van der Waals surface area contributed by atoms with E-state index in [0.29, 0.717) is 29.5 Å². The van der Waals surface area contributed by atoms with Crippen LogP contribution in [0, 0.1) is 5.92 Å². The first-order valence-electron chi connectivity index (χ1n) is 10.9. The molecule has 9 heteroatoms. The predicted molar refractivity (Wildman–Crippen MR) is 116 cm³/mol. The molecule has 2 aliphatic carbocycles. The lowest BCUT2D eigenvalue weighted by Crippen LogP contribution is -2.46. The van der Waals surface area contributed by atoms with E-state index in [1.807, 2.05) is 0 Å². The second kappa shape index (κ2) is 8.83. The molecule has 162 valence electrons. The van der Waals surface area contributed by atoms with E-state index in [4.69, 9.17) is 0 Å². The van der Waals surface area contributed by atoms with Gasteiger partial charge in [-0.15, -0.1) is 10.2 Å². The van der Waals surface area contributed by atoms with Gasteiger partial charge in [-0.05, 0) is 38.0 Å². The van der Waals surface area contributed by atoms with Crippen LogP contribution >= 0.6 is 11.3 Å². The second-order valence-corrected chi connectivity index (χ2v) is 9.82. The van der Waals surface area contributed by atoms with E-state index in [9.17, 15) is 14.4 Å². The Labute approximate surface area is 179 Å². The Morgan fingerprint density at radius 3 is 2.63 bits per heavy atom. The minimum Gasteiger partial charge on any atom is -0.299 e. The highest BCUT2D eigenvalue weighted by Crippen LogP contribution is 2.27. The lowest BCUT2D eigenvalue weighted by atomic mass is 9.95. The Bertz CT molecular complexity index is 1050. The number of nitrogens with one attached hydrogen (secondary N) is 1. The van der Waals surface area contributed by atoms with Crippen LogP contribution < -0.4 is 16.6 Å². The van der Waals surface area contributed by atoms with Crippen molar-refractivity contribution >= 4 is 22.4 Å².